The van der Waals surface area contributed by atoms with E-state index in [1.807, 2.05) is 19.9 Å². The molecule has 0 aromatic heterocycles. The highest BCUT2D eigenvalue weighted by molar-refractivity contribution is 5.45. The standard InChI is InChI=1S/C13H20N2O3/c1-4-14-11(9-18-3)8-12-10(2)6-5-7-13(12)15(16)17/h5-7,11,14H,4,8-9H2,1-3H3. The number of likely N-dealkylation sites (N-methyl/N-ethyl adjacent to an activating group) is 1. The molecule has 0 fully saturated rings. The second kappa shape index (κ2) is 7.08. The zero-order valence-corrected chi connectivity index (χ0v) is 11.1. The lowest BCUT2D eigenvalue weighted by molar-refractivity contribution is -0.385. The van der Waals surface area contributed by atoms with E-state index in [4.69, 9.17) is 4.74 Å². The average molecular weight is 252 g/mol. The van der Waals surface area contributed by atoms with Crippen molar-refractivity contribution in [3.8, 4) is 0 Å². The highest BCUT2D eigenvalue weighted by Crippen LogP contribution is 2.23. The van der Waals surface area contributed by atoms with Crippen molar-refractivity contribution in [1.82, 2.24) is 5.32 Å². The van der Waals surface area contributed by atoms with Crippen molar-refractivity contribution in [2.75, 3.05) is 20.3 Å². The molecule has 0 aliphatic carbocycles. The number of hydrogen-bond acceptors (Lipinski definition) is 4. The third-order valence-electron chi connectivity index (χ3n) is 2.89. The number of nitro groups is 1. The van der Waals surface area contributed by atoms with Crippen LogP contribution < -0.4 is 5.32 Å². The molecule has 0 saturated carbocycles. The normalized spacial score (nSPS) is 12.4. The molecule has 0 aliphatic rings. The van der Waals surface area contributed by atoms with Crippen molar-refractivity contribution in [2.45, 2.75) is 26.3 Å². The molecule has 0 heterocycles. The lowest BCUT2D eigenvalue weighted by atomic mass is 9.99. The van der Waals surface area contributed by atoms with Gasteiger partial charge in [0.15, 0.2) is 0 Å². The van der Waals surface area contributed by atoms with Gasteiger partial charge in [0, 0.05) is 24.8 Å². The Balaban J connectivity index is 2.96. The van der Waals surface area contributed by atoms with Crippen molar-refractivity contribution in [3.05, 3.63) is 39.4 Å². The summed E-state index contributed by atoms with van der Waals surface area (Å²) in [5.41, 5.74) is 1.92. The number of ether oxygens (including phenoxy) is 1. The molecule has 1 rings (SSSR count). The van der Waals surface area contributed by atoms with Gasteiger partial charge in [0.2, 0.25) is 0 Å². The maximum Gasteiger partial charge on any atom is 0.272 e. The van der Waals surface area contributed by atoms with Crippen molar-refractivity contribution >= 4 is 5.69 Å². The number of aryl methyl sites for hydroxylation is 1. The summed E-state index contributed by atoms with van der Waals surface area (Å²) in [5.74, 6) is 0. The van der Waals surface area contributed by atoms with E-state index in [-0.39, 0.29) is 16.7 Å². The van der Waals surface area contributed by atoms with E-state index in [1.165, 1.54) is 0 Å². The Hall–Kier alpha value is -1.46. The maximum atomic E-state index is 11.0. The fraction of sp³-hybridized carbons (Fsp3) is 0.538. The van der Waals surface area contributed by atoms with Gasteiger partial charge < -0.3 is 10.1 Å². The van der Waals surface area contributed by atoms with Crippen LogP contribution in [0.15, 0.2) is 18.2 Å². The van der Waals surface area contributed by atoms with Gasteiger partial charge in [-0.2, -0.15) is 0 Å². The van der Waals surface area contributed by atoms with Gasteiger partial charge in [-0.1, -0.05) is 19.1 Å². The molecule has 1 unspecified atom stereocenters. The zero-order valence-electron chi connectivity index (χ0n) is 11.1. The van der Waals surface area contributed by atoms with Crippen LogP contribution in [0, 0.1) is 17.0 Å². The Morgan fingerprint density at radius 3 is 2.78 bits per heavy atom. The number of nitrogens with zero attached hydrogens (tertiary/aromatic N) is 1. The minimum absolute atomic E-state index is 0.0970. The Kier molecular flexibility index (Phi) is 5.74. The Morgan fingerprint density at radius 1 is 1.50 bits per heavy atom. The molecule has 18 heavy (non-hydrogen) atoms. The van der Waals surface area contributed by atoms with Crippen molar-refractivity contribution in [2.24, 2.45) is 0 Å². The van der Waals surface area contributed by atoms with Crippen molar-refractivity contribution in [3.63, 3.8) is 0 Å². The number of nitro benzene ring substituents is 1. The molecule has 0 saturated heterocycles. The van der Waals surface area contributed by atoms with E-state index in [2.05, 4.69) is 5.32 Å². The second-order valence-corrected chi connectivity index (χ2v) is 4.24. The van der Waals surface area contributed by atoms with Crippen LogP contribution in [0.1, 0.15) is 18.1 Å². The van der Waals surface area contributed by atoms with E-state index in [9.17, 15) is 10.1 Å². The molecule has 0 bridgehead atoms. The first kappa shape index (κ1) is 14.6. The van der Waals surface area contributed by atoms with Gasteiger partial charge in [0.05, 0.1) is 11.5 Å². The van der Waals surface area contributed by atoms with Gasteiger partial charge in [-0.15, -0.1) is 0 Å². The van der Waals surface area contributed by atoms with Crippen molar-refractivity contribution < 1.29 is 9.66 Å². The van der Waals surface area contributed by atoms with Crippen LogP contribution in [0.4, 0.5) is 5.69 Å². The molecule has 100 valence electrons. The number of rotatable bonds is 7. The molecule has 1 aromatic rings. The first-order valence-electron chi connectivity index (χ1n) is 6.05. The van der Waals surface area contributed by atoms with Gasteiger partial charge in [0.25, 0.3) is 5.69 Å². The highest BCUT2D eigenvalue weighted by atomic mass is 16.6. The van der Waals surface area contributed by atoms with Crippen LogP contribution in [0.3, 0.4) is 0 Å². The Labute approximate surface area is 107 Å². The first-order valence-corrected chi connectivity index (χ1v) is 6.05. The lowest BCUT2D eigenvalue weighted by Gasteiger charge is -2.18. The Bertz CT molecular complexity index is 401. The Morgan fingerprint density at radius 2 is 2.22 bits per heavy atom. The van der Waals surface area contributed by atoms with Crippen LogP contribution in [0.5, 0.6) is 0 Å². The summed E-state index contributed by atoms with van der Waals surface area (Å²) in [6.45, 7) is 5.26. The molecular formula is C13H20N2O3. The predicted molar refractivity (Wildman–Crippen MR) is 70.9 cm³/mol. The topological polar surface area (TPSA) is 64.4 Å². The molecule has 1 aromatic carbocycles. The van der Waals surface area contributed by atoms with Gasteiger partial charge in [-0.25, -0.2) is 0 Å². The third-order valence-corrected chi connectivity index (χ3v) is 2.89. The molecule has 0 amide bonds. The van der Waals surface area contributed by atoms with E-state index >= 15 is 0 Å². The summed E-state index contributed by atoms with van der Waals surface area (Å²) in [6, 6.07) is 5.27. The van der Waals surface area contributed by atoms with Gasteiger partial charge in [-0.3, -0.25) is 10.1 Å². The minimum atomic E-state index is -0.321. The molecule has 0 spiro atoms. The molecule has 0 aliphatic heterocycles. The average Bonchev–Trinajstić information content (AvgIpc) is 2.32. The SMILES string of the molecule is CCNC(COC)Cc1c(C)cccc1[N+](=O)[O-]. The summed E-state index contributed by atoms with van der Waals surface area (Å²) in [6.07, 6.45) is 0.602. The lowest BCUT2D eigenvalue weighted by Crippen LogP contribution is -2.35. The molecule has 0 radical (unpaired) electrons. The number of hydrogen-bond donors (Lipinski definition) is 1. The number of methoxy groups -OCH3 is 1. The van der Waals surface area contributed by atoms with Gasteiger partial charge in [0.1, 0.15) is 0 Å². The first-order chi connectivity index (χ1) is 8.60. The van der Waals surface area contributed by atoms with E-state index in [0.29, 0.717) is 13.0 Å². The second-order valence-electron chi connectivity index (χ2n) is 4.24. The van der Waals surface area contributed by atoms with Gasteiger partial charge >= 0.3 is 0 Å². The van der Waals surface area contributed by atoms with E-state index in [0.717, 1.165) is 17.7 Å². The fourth-order valence-electron chi connectivity index (χ4n) is 2.05. The summed E-state index contributed by atoms with van der Waals surface area (Å²) in [4.78, 5) is 10.7. The third kappa shape index (κ3) is 3.78. The van der Waals surface area contributed by atoms with Crippen LogP contribution >= 0.6 is 0 Å². The molecule has 1 atom stereocenters. The van der Waals surface area contributed by atoms with Crippen LogP contribution in [0.25, 0.3) is 0 Å². The molecular weight excluding hydrogens is 232 g/mol. The van der Waals surface area contributed by atoms with Gasteiger partial charge in [-0.05, 0) is 25.5 Å². The summed E-state index contributed by atoms with van der Waals surface area (Å²) >= 11 is 0. The van der Waals surface area contributed by atoms with Crippen LogP contribution in [0.2, 0.25) is 0 Å². The van der Waals surface area contributed by atoms with Crippen LogP contribution in [-0.2, 0) is 11.2 Å². The summed E-state index contributed by atoms with van der Waals surface area (Å²) < 4.78 is 5.14. The van der Waals surface area contributed by atoms with E-state index < -0.39 is 0 Å². The zero-order chi connectivity index (χ0) is 13.5. The quantitative estimate of drug-likeness (QED) is 0.596. The maximum absolute atomic E-state index is 11.0. The summed E-state index contributed by atoms with van der Waals surface area (Å²) in [5, 5.41) is 14.3. The minimum Gasteiger partial charge on any atom is -0.383 e. The van der Waals surface area contributed by atoms with Crippen LogP contribution in [-0.4, -0.2) is 31.2 Å². The number of nitrogens with one attached hydrogen (secondary N) is 1. The monoisotopic (exact) mass is 252 g/mol. The molecule has 5 nitrogen and oxygen atoms in total. The summed E-state index contributed by atoms with van der Waals surface area (Å²) in [7, 11) is 1.64. The highest BCUT2D eigenvalue weighted by Gasteiger charge is 2.19. The molecule has 1 N–H and O–H groups in total. The number of benzene rings is 1. The smallest absolute Gasteiger partial charge is 0.272 e. The van der Waals surface area contributed by atoms with Crippen molar-refractivity contribution in [1.29, 1.82) is 0 Å². The molecule has 5 heteroatoms. The predicted octanol–water partition coefficient (Wildman–Crippen LogP) is 2.07. The fourth-order valence-corrected chi connectivity index (χ4v) is 2.05. The van der Waals surface area contributed by atoms with E-state index in [1.54, 1.807) is 19.2 Å². The largest absolute Gasteiger partial charge is 0.383 e.